The van der Waals surface area contributed by atoms with Gasteiger partial charge in [-0.25, -0.2) is 17.6 Å². The van der Waals surface area contributed by atoms with Gasteiger partial charge >= 0.3 is 5.97 Å². The van der Waals surface area contributed by atoms with E-state index in [1.807, 2.05) is 0 Å². The van der Waals surface area contributed by atoms with Crippen molar-refractivity contribution in [2.75, 3.05) is 7.11 Å². The second kappa shape index (κ2) is 4.68. The molecule has 0 atom stereocenters. The molecule has 0 saturated carbocycles. The van der Waals surface area contributed by atoms with Gasteiger partial charge in [0.15, 0.2) is 0 Å². The molecule has 0 saturated heterocycles. The molecule has 0 radical (unpaired) electrons. The SMILES string of the molecule is COC(=O)c1cc(F)cc(Br)c1S(=O)(=O)Cl. The molecule has 0 aliphatic carbocycles. The molecular weight excluding hydrogens is 327 g/mol. The van der Waals surface area contributed by atoms with Crippen molar-refractivity contribution in [1.29, 1.82) is 0 Å². The fraction of sp³-hybridized carbons (Fsp3) is 0.125. The number of ether oxygens (including phenoxy) is 1. The molecule has 0 N–H and O–H groups in total. The summed E-state index contributed by atoms with van der Waals surface area (Å²) >= 11 is 2.82. The first-order valence-corrected chi connectivity index (χ1v) is 6.89. The number of halogens is 3. The predicted molar refractivity (Wildman–Crippen MR) is 58.5 cm³/mol. The third kappa shape index (κ3) is 2.72. The van der Waals surface area contributed by atoms with Gasteiger partial charge in [0.25, 0.3) is 9.05 Å². The van der Waals surface area contributed by atoms with E-state index in [0.29, 0.717) is 0 Å². The Hall–Kier alpha value is -0.660. The number of esters is 1. The maximum atomic E-state index is 13.0. The van der Waals surface area contributed by atoms with Crippen molar-refractivity contribution in [2.45, 2.75) is 4.90 Å². The Morgan fingerprint density at radius 1 is 1.50 bits per heavy atom. The van der Waals surface area contributed by atoms with E-state index < -0.39 is 31.3 Å². The van der Waals surface area contributed by atoms with Crippen molar-refractivity contribution < 1.29 is 22.3 Å². The monoisotopic (exact) mass is 330 g/mol. The van der Waals surface area contributed by atoms with Crippen LogP contribution in [0.3, 0.4) is 0 Å². The maximum absolute atomic E-state index is 13.0. The highest BCUT2D eigenvalue weighted by Gasteiger charge is 2.25. The Balaban J connectivity index is 3.64. The fourth-order valence-electron chi connectivity index (χ4n) is 1.07. The summed E-state index contributed by atoms with van der Waals surface area (Å²) < 4.78 is 39.6. The number of carbonyl (C=O) groups excluding carboxylic acids is 1. The van der Waals surface area contributed by atoms with Crippen LogP contribution in [0, 0.1) is 5.82 Å². The van der Waals surface area contributed by atoms with Gasteiger partial charge in [0.1, 0.15) is 10.7 Å². The molecule has 1 aromatic rings. The maximum Gasteiger partial charge on any atom is 0.339 e. The van der Waals surface area contributed by atoms with Crippen LogP contribution in [-0.4, -0.2) is 21.5 Å². The number of rotatable bonds is 2. The molecule has 0 aromatic heterocycles. The van der Waals surface area contributed by atoms with Crippen molar-refractivity contribution in [3.63, 3.8) is 0 Å². The van der Waals surface area contributed by atoms with Crippen molar-refractivity contribution >= 4 is 41.6 Å². The zero-order valence-electron chi connectivity index (χ0n) is 7.83. The molecule has 0 aliphatic rings. The predicted octanol–water partition coefficient (Wildman–Crippen LogP) is 2.30. The molecule has 4 nitrogen and oxygen atoms in total. The van der Waals surface area contributed by atoms with E-state index in [1.54, 1.807) is 0 Å². The van der Waals surface area contributed by atoms with Crippen LogP contribution in [0.2, 0.25) is 0 Å². The largest absolute Gasteiger partial charge is 0.465 e. The Bertz CT molecular complexity index is 543. The molecular formula is C8H5BrClFO4S. The number of hydrogen-bond acceptors (Lipinski definition) is 4. The normalized spacial score (nSPS) is 11.2. The third-order valence-electron chi connectivity index (χ3n) is 1.66. The minimum absolute atomic E-state index is 0.136. The van der Waals surface area contributed by atoms with Crippen molar-refractivity contribution in [2.24, 2.45) is 0 Å². The van der Waals surface area contributed by atoms with Crippen LogP contribution in [0.25, 0.3) is 0 Å². The molecule has 1 aromatic carbocycles. The average Bonchev–Trinajstić information content (AvgIpc) is 2.12. The molecule has 0 amide bonds. The molecule has 8 heteroatoms. The lowest BCUT2D eigenvalue weighted by Crippen LogP contribution is -2.09. The summed E-state index contributed by atoms with van der Waals surface area (Å²) in [5.41, 5.74) is -0.454. The Kier molecular flexibility index (Phi) is 3.92. The first-order chi connectivity index (χ1) is 7.27. The van der Waals surface area contributed by atoms with Gasteiger partial charge in [-0.3, -0.25) is 0 Å². The molecule has 0 spiro atoms. The Morgan fingerprint density at radius 3 is 2.50 bits per heavy atom. The molecule has 16 heavy (non-hydrogen) atoms. The summed E-state index contributed by atoms with van der Waals surface area (Å²) in [6.07, 6.45) is 0. The lowest BCUT2D eigenvalue weighted by atomic mass is 10.2. The lowest BCUT2D eigenvalue weighted by molar-refractivity contribution is 0.0595. The van der Waals surface area contributed by atoms with Crippen LogP contribution < -0.4 is 0 Å². The van der Waals surface area contributed by atoms with Gasteiger partial charge in [-0.15, -0.1) is 0 Å². The van der Waals surface area contributed by atoms with Gasteiger partial charge in [0.05, 0.1) is 12.7 Å². The summed E-state index contributed by atoms with van der Waals surface area (Å²) in [6, 6.07) is 1.63. The molecule has 0 heterocycles. The highest BCUT2D eigenvalue weighted by molar-refractivity contribution is 9.10. The summed E-state index contributed by atoms with van der Waals surface area (Å²) in [5, 5.41) is 0. The van der Waals surface area contributed by atoms with E-state index in [0.717, 1.165) is 19.2 Å². The summed E-state index contributed by atoms with van der Waals surface area (Å²) in [4.78, 5) is 10.7. The number of methoxy groups -OCH3 is 1. The summed E-state index contributed by atoms with van der Waals surface area (Å²) in [5.74, 6) is -1.77. The number of hydrogen-bond donors (Lipinski definition) is 0. The van der Waals surface area contributed by atoms with Crippen LogP contribution in [-0.2, 0) is 13.8 Å². The van der Waals surface area contributed by atoms with Gasteiger partial charge in [-0.1, -0.05) is 0 Å². The van der Waals surface area contributed by atoms with Crippen molar-refractivity contribution in [3.05, 3.63) is 28.0 Å². The highest BCUT2D eigenvalue weighted by atomic mass is 79.9. The minimum atomic E-state index is -4.18. The smallest absolute Gasteiger partial charge is 0.339 e. The quantitative estimate of drug-likeness (QED) is 0.616. The minimum Gasteiger partial charge on any atom is -0.465 e. The molecule has 1 rings (SSSR count). The summed E-state index contributed by atoms with van der Waals surface area (Å²) in [7, 11) is 2.00. The molecule has 88 valence electrons. The van der Waals surface area contributed by atoms with E-state index in [4.69, 9.17) is 10.7 Å². The van der Waals surface area contributed by atoms with E-state index in [1.165, 1.54) is 0 Å². The molecule has 0 bridgehead atoms. The van der Waals surface area contributed by atoms with Crippen molar-refractivity contribution in [3.8, 4) is 0 Å². The first-order valence-electron chi connectivity index (χ1n) is 3.79. The Morgan fingerprint density at radius 2 is 2.06 bits per heavy atom. The van der Waals surface area contributed by atoms with Crippen LogP contribution in [0.5, 0.6) is 0 Å². The molecule has 0 fully saturated rings. The van der Waals surface area contributed by atoms with E-state index in [-0.39, 0.29) is 4.47 Å². The zero-order chi connectivity index (χ0) is 12.5. The van der Waals surface area contributed by atoms with E-state index >= 15 is 0 Å². The zero-order valence-corrected chi connectivity index (χ0v) is 11.0. The topological polar surface area (TPSA) is 60.4 Å². The van der Waals surface area contributed by atoms with Gasteiger partial charge < -0.3 is 4.74 Å². The van der Waals surface area contributed by atoms with Crippen LogP contribution >= 0.6 is 26.6 Å². The highest BCUT2D eigenvalue weighted by Crippen LogP contribution is 2.30. The summed E-state index contributed by atoms with van der Waals surface area (Å²) in [6.45, 7) is 0. The van der Waals surface area contributed by atoms with Crippen LogP contribution in [0.4, 0.5) is 4.39 Å². The van der Waals surface area contributed by atoms with Gasteiger partial charge in [-0.05, 0) is 28.1 Å². The van der Waals surface area contributed by atoms with Gasteiger partial charge in [0.2, 0.25) is 0 Å². The number of carbonyl (C=O) groups is 1. The second-order valence-corrected chi connectivity index (χ2v) is 6.05. The average molecular weight is 332 g/mol. The standard InChI is InChI=1S/C8H5BrClFO4S/c1-15-8(12)5-2-4(11)3-6(9)7(5)16(10,13)14/h2-3H,1H3. The second-order valence-electron chi connectivity index (χ2n) is 2.69. The lowest BCUT2D eigenvalue weighted by Gasteiger charge is -2.07. The fourth-order valence-corrected chi connectivity index (χ4v) is 3.62. The molecule has 0 aliphatic heterocycles. The van der Waals surface area contributed by atoms with Gasteiger partial charge in [-0.2, -0.15) is 0 Å². The van der Waals surface area contributed by atoms with E-state index in [9.17, 15) is 17.6 Å². The van der Waals surface area contributed by atoms with Crippen molar-refractivity contribution in [1.82, 2.24) is 0 Å². The van der Waals surface area contributed by atoms with Gasteiger partial charge in [0, 0.05) is 15.2 Å². The Labute approximate surface area is 104 Å². The first kappa shape index (κ1) is 13.4. The third-order valence-corrected chi connectivity index (χ3v) is 3.94. The number of benzene rings is 1. The molecule has 0 unspecified atom stereocenters. The van der Waals surface area contributed by atoms with Crippen LogP contribution in [0.15, 0.2) is 21.5 Å². The van der Waals surface area contributed by atoms with E-state index in [2.05, 4.69) is 20.7 Å². The van der Waals surface area contributed by atoms with Crippen LogP contribution in [0.1, 0.15) is 10.4 Å².